The van der Waals surface area contributed by atoms with Crippen LogP contribution in [0.5, 0.6) is 0 Å². The molecule has 254 valence electrons. The van der Waals surface area contributed by atoms with E-state index < -0.39 is 29.2 Å². The molecule has 0 radical (unpaired) electrons. The topological polar surface area (TPSA) is 124 Å². The summed E-state index contributed by atoms with van der Waals surface area (Å²) in [7, 11) is 2.09. The average molecular weight is 683 g/mol. The molecule has 6 rings (SSSR count). The van der Waals surface area contributed by atoms with E-state index in [9.17, 15) is 27.6 Å². The van der Waals surface area contributed by atoms with Gasteiger partial charge in [-0.15, -0.1) is 11.3 Å². The van der Waals surface area contributed by atoms with Gasteiger partial charge in [-0.2, -0.15) is 13.2 Å². The molecule has 11 nitrogen and oxygen atoms in total. The van der Waals surface area contributed by atoms with Gasteiger partial charge in [0.15, 0.2) is 5.69 Å². The highest BCUT2D eigenvalue weighted by molar-refractivity contribution is 7.13. The van der Waals surface area contributed by atoms with Crippen LogP contribution in [-0.4, -0.2) is 89.1 Å². The zero-order valence-corrected chi connectivity index (χ0v) is 27.5. The Balaban J connectivity index is 1.35. The Hall–Kier alpha value is -4.34. The van der Waals surface area contributed by atoms with Crippen molar-refractivity contribution in [3.63, 3.8) is 0 Å². The van der Waals surface area contributed by atoms with E-state index in [0.29, 0.717) is 59.7 Å². The third-order valence-corrected chi connectivity index (χ3v) is 9.48. The van der Waals surface area contributed by atoms with Crippen molar-refractivity contribution in [2.24, 2.45) is 5.92 Å². The van der Waals surface area contributed by atoms with E-state index in [1.54, 1.807) is 31.3 Å². The molecule has 3 N–H and O–H groups in total. The van der Waals surface area contributed by atoms with Crippen molar-refractivity contribution in [2.45, 2.75) is 32.5 Å². The Kier molecular flexibility index (Phi) is 9.80. The van der Waals surface area contributed by atoms with E-state index in [2.05, 4.69) is 42.8 Å². The fourth-order valence-electron chi connectivity index (χ4n) is 5.72. The van der Waals surface area contributed by atoms with Crippen LogP contribution in [0.4, 0.5) is 23.8 Å². The van der Waals surface area contributed by atoms with Crippen LogP contribution in [0.25, 0.3) is 32.6 Å². The summed E-state index contributed by atoms with van der Waals surface area (Å²) in [6, 6.07) is 6.11. The molecule has 0 unspecified atom stereocenters. The quantitative estimate of drug-likeness (QED) is 0.221. The summed E-state index contributed by atoms with van der Waals surface area (Å²) in [5.41, 5.74) is 0.655. The monoisotopic (exact) mass is 682 g/mol. The van der Waals surface area contributed by atoms with Gasteiger partial charge >= 0.3 is 12.2 Å². The number of likely N-dealkylation sites (N-methyl/N-ethyl adjacent to an activating group) is 1. The smallest absolute Gasteiger partial charge is 0.351 e. The maximum absolute atomic E-state index is 13.7. The second kappa shape index (κ2) is 14.0. The number of fused-ring (bicyclic) bond motifs is 1. The van der Waals surface area contributed by atoms with Gasteiger partial charge < -0.3 is 20.1 Å². The Morgan fingerprint density at radius 2 is 1.83 bits per heavy atom. The lowest BCUT2D eigenvalue weighted by Gasteiger charge is -2.32. The molecule has 0 spiro atoms. The molecule has 4 heterocycles. The lowest BCUT2D eigenvalue weighted by atomic mass is 9.99. The van der Waals surface area contributed by atoms with Crippen molar-refractivity contribution < 1.29 is 22.8 Å². The number of alkyl halides is 3. The molecule has 1 aliphatic heterocycles. The lowest BCUT2D eigenvalue weighted by Crippen LogP contribution is -2.47. The number of nitrogens with one attached hydrogen (secondary N) is 3. The molecule has 0 bridgehead atoms. The van der Waals surface area contributed by atoms with Crippen LogP contribution in [0.2, 0.25) is 0 Å². The molecule has 1 aromatic carbocycles. The van der Waals surface area contributed by atoms with Crippen molar-refractivity contribution in [2.75, 3.05) is 58.2 Å². The molecule has 1 aliphatic carbocycles. The number of hydrogen-bond acceptors (Lipinski definition) is 8. The predicted molar refractivity (Wildman–Crippen MR) is 179 cm³/mol. The van der Waals surface area contributed by atoms with Crippen LogP contribution in [-0.2, 0) is 12.7 Å². The van der Waals surface area contributed by atoms with E-state index in [1.807, 2.05) is 4.57 Å². The summed E-state index contributed by atoms with van der Waals surface area (Å²) in [4.78, 5) is 51.9. The minimum atomic E-state index is -4.62. The summed E-state index contributed by atoms with van der Waals surface area (Å²) in [5, 5.41) is 9.53. The van der Waals surface area contributed by atoms with Crippen LogP contribution in [0, 0.1) is 5.92 Å². The van der Waals surface area contributed by atoms with Gasteiger partial charge in [-0.3, -0.25) is 19.8 Å². The van der Waals surface area contributed by atoms with Crippen molar-refractivity contribution in [3.8, 4) is 21.7 Å². The summed E-state index contributed by atoms with van der Waals surface area (Å²) in [6.45, 7) is 7.66. The predicted octanol–water partition coefficient (Wildman–Crippen LogP) is 4.73. The first-order chi connectivity index (χ1) is 23.0. The highest BCUT2D eigenvalue weighted by Crippen LogP contribution is 2.39. The van der Waals surface area contributed by atoms with E-state index >= 15 is 0 Å². The summed E-state index contributed by atoms with van der Waals surface area (Å²) < 4.78 is 42.4. The largest absolute Gasteiger partial charge is 0.434 e. The number of hydrogen-bond donors (Lipinski definition) is 3. The first-order valence-corrected chi connectivity index (χ1v) is 16.8. The number of nitrogens with zero attached hydrogens (tertiary/aromatic N) is 5. The average Bonchev–Trinajstić information content (AvgIpc) is 3.72. The first-order valence-electron chi connectivity index (χ1n) is 15.9. The molecular weight excluding hydrogens is 645 g/mol. The molecular formula is C33H37F3N8O3S. The normalized spacial score (nSPS) is 15.9. The minimum absolute atomic E-state index is 0.0693. The number of rotatable bonds is 10. The lowest BCUT2D eigenvalue weighted by molar-refractivity contribution is -0.140. The number of pyridine rings is 2. The molecule has 48 heavy (non-hydrogen) atoms. The zero-order valence-electron chi connectivity index (χ0n) is 26.7. The standard InChI is InChI=1S/C33H37F3N8O3S/c1-3-37-32(47)41-28-15-23(31-40-27(19-48-31)33(34,35)36)24(16-39-28)21-6-7-22-26(14-21)44(17-20-4-5-20)18-25(29(22)45)30(46)38-8-9-43-12-10-42(2)11-13-43/h6-7,14-16,18-20H,3-5,8-13,17H2,1-2H3,(H,38,46)(H2,37,39,41,47). The van der Waals surface area contributed by atoms with Gasteiger partial charge in [0.1, 0.15) is 16.4 Å². The second-order valence-electron chi connectivity index (χ2n) is 12.2. The number of halogens is 3. The Labute approximate surface area is 279 Å². The van der Waals surface area contributed by atoms with Gasteiger partial charge in [0.05, 0.1) is 5.52 Å². The van der Waals surface area contributed by atoms with E-state index in [4.69, 9.17) is 0 Å². The molecule has 1 saturated carbocycles. The van der Waals surface area contributed by atoms with Crippen LogP contribution in [0.3, 0.4) is 0 Å². The number of benzene rings is 1. The number of urea groups is 1. The number of aromatic nitrogens is 3. The summed E-state index contributed by atoms with van der Waals surface area (Å²) in [6.07, 6.45) is 0.546. The molecule has 2 fully saturated rings. The van der Waals surface area contributed by atoms with E-state index in [0.717, 1.165) is 55.7 Å². The third-order valence-electron chi connectivity index (χ3n) is 8.61. The Morgan fingerprint density at radius 3 is 2.52 bits per heavy atom. The summed E-state index contributed by atoms with van der Waals surface area (Å²) in [5.74, 6) is 0.134. The van der Waals surface area contributed by atoms with Crippen molar-refractivity contribution in [1.29, 1.82) is 0 Å². The Bertz CT molecular complexity index is 1880. The van der Waals surface area contributed by atoms with Gasteiger partial charge in [0.2, 0.25) is 5.43 Å². The minimum Gasteiger partial charge on any atom is -0.351 e. The molecule has 1 saturated heterocycles. The van der Waals surface area contributed by atoms with Crippen LogP contribution in [0.1, 0.15) is 35.8 Å². The number of thiazole rings is 1. The SMILES string of the molecule is CCNC(=O)Nc1cc(-c2nc(C(F)(F)F)cs2)c(-c2ccc3c(=O)c(C(=O)NCCN4CCN(C)CC4)cn(CC4CC4)c3c2)cn1. The molecule has 0 atom stereocenters. The van der Waals surface area contributed by atoms with E-state index in [-0.39, 0.29) is 16.4 Å². The van der Waals surface area contributed by atoms with Crippen molar-refractivity contribution in [1.82, 2.24) is 35.0 Å². The maximum Gasteiger partial charge on any atom is 0.434 e. The number of anilines is 1. The Morgan fingerprint density at radius 1 is 1.06 bits per heavy atom. The van der Waals surface area contributed by atoms with Crippen LogP contribution in [0.15, 0.2) is 46.8 Å². The van der Waals surface area contributed by atoms with Gasteiger partial charge in [-0.25, -0.2) is 14.8 Å². The number of piperazine rings is 1. The zero-order chi connectivity index (χ0) is 34.0. The molecule has 15 heteroatoms. The fraction of sp³-hybridized carbons (Fsp3) is 0.424. The first kappa shape index (κ1) is 33.6. The highest BCUT2D eigenvalue weighted by Gasteiger charge is 2.34. The molecule has 3 amide bonds. The van der Waals surface area contributed by atoms with Crippen molar-refractivity contribution >= 4 is 40.0 Å². The number of amides is 3. The second-order valence-corrected chi connectivity index (χ2v) is 13.1. The number of carbonyl (C=O) groups is 2. The number of carbonyl (C=O) groups excluding carboxylic acids is 2. The molecule has 3 aromatic heterocycles. The maximum atomic E-state index is 13.7. The van der Waals surface area contributed by atoms with Gasteiger partial charge in [-0.05, 0) is 56.5 Å². The fourth-order valence-corrected chi connectivity index (χ4v) is 6.58. The van der Waals surface area contributed by atoms with Gasteiger partial charge in [-0.1, -0.05) is 6.07 Å². The highest BCUT2D eigenvalue weighted by atomic mass is 32.1. The van der Waals surface area contributed by atoms with Crippen molar-refractivity contribution in [3.05, 3.63) is 63.5 Å². The summed E-state index contributed by atoms with van der Waals surface area (Å²) >= 11 is 0.831. The van der Waals surface area contributed by atoms with Crippen LogP contribution < -0.4 is 21.4 Å². The molecule has 4 aromatic rings. The molecule has 2 aliphatic rings. The third kappa shape index (κ3) is 7.69. The van der Waals surface area contributed by atoms with Crippen LogP contribution >= 0.6 is 11.3 Å². The van der Waals surface area contributed by atoms with E-state index in [1.165, 1.54) is 12.3 Å². The van der Waals surface area contributed by atoms with Gasteiger partial charge in [0, 0.05) is 86.6 Å². The van der Waals surface area contributed by atoms with Gasteiger partial charge in [0.25, 0.3) is 5.91 Å².